The van der Waals surface area contributed by atoms with E-state index in [9.17, 15) is 18.0 Å². The van der Waals surface area contributed by atoms with E-state index >= 15 is 0 Å². The van der Waals surface area contributed by atoms with Gasteiger partial charge in [-0.2, -0.15) is 13.2 Å². The number of thioether (sulfide) groups is 1. The van der Waals surface area contributed by atoms with E-state index in [0.717, 1.165) is 23.9 Å². The maximum atomic E-state index is 12.5. The summed E-state index contributed by atoms with van der Waals surface area (Å²) in [6.07, 6.45) is -4.41. The molecule has 0 saturated carbocycles. The van der Waals surface area contributed by atoms with Crippen LogP contribution in [0, 0.1) is 11.8 Å². The molecule has 0 fully saturated rings. The summed E-state index contributed by atoms with van der Waals surface area (Å²) in [5.74, 6) is 5.74. The Morgan fingerprint density at radius 2 is 2.11 bits per heavy atom. The zero-order valence-corrected chi connectivity index (χ0v) is 11.1. The van der Waals surface area contributed by atoms with E-state index < -0.39 is 11.7 Å². The van der Waals surface area contributed by atoms with Gasteiger partial charge in [0.15, 0.2) is 5.12 Å². The Hall–Kier alpha value is -1.61. The lowest BCUT2D eigenvalue weighted by Crippen LogP contribution is -2.05. The van der Waals surface area contributed by atoms with E-state index in [4.69, 9.17) is 4.74 Å². The normalized spacial score (nSPS) is 10.6. The largest absolute Gasteiger partial charge is 0.495 e. The molecule has 0 amide bonds. The summed E-state index contributed by atoms with van der Waals surface area (Å²) < 4.78 is 42.4. The van der Waals surface area contributed by atoms with Crippen molar-refractivity contribution in [2.75, 3.05) is 12.9 Å². The van der Waals surface area contributed by atoms with Crippen LogP contribution in [0.5, 0.6) is 5.75 Å². The molecule has 0 saturated heterocycles. The maximum absolute atomic E-state index is 12.5. The highest BCUT2D eigenvalue weighted by Gasteiger charge is 2.31. The zero-order chi connectivity index (χ0) is 14.5. The first kappa shape index (κ1) is 15.4. The van der Waals surface area contributed by atoms with E-state index in [1.807, 2.05) is 0 Å². The van der Waals surface area contributed by atoms with Gasteiger partial charge in [-0.05, 0) is 18.2 Å². The van der Waals surface area contributed by atoms with Crippen LogP contribution >= 0.6 is 11.8 Å². The number of methoxy groups -OCH3 is 1. The van der Waals surface area contributed by atoms with Crippen LogP contribution in [0.25, 0.3) is 0 Å². The van der Waals surface area contributed by atoms with Crippen molar-refractivity contribution < 1.29 is 22.7 Å². The Bertz CT molecular complexity index is 527. The number of hydrogen-bond donors (Lipinski definition) is 0. The van der Waals surface area contributed by atoms with Crippen molar-refractivity contribution in [1.82, 2.24) is 0 Å². The maximum Gasteiger partial charge on any atom is 0.416 e. The number of hydrogen-bond acceptors (Lipinski definition) is 3. The van der Waals surface area contributed by atoms with Crippen LogP contribution in [0.3, 0.4) is 0 Å². The summed E-state index contributed by atoms with van der Waals surface area (Å²) >= 11 is 1.04. The summed E-state index contributed by atoms with van der Waals surface area (Å²) in [6, 6.07) is 3.11. The van der Waals surface area contributed by atoms with Gasteiger partial charge < -0.3 is 4.74 Å². The molecule has 0 aliphatic carbocycles. The second-order valence-electron chi connectivity index (χ2n) is 3.49. The van der Waals surface area contributed by atoms with Gasteiger partial charge >= 0.3 is 6.18 Å². The third-order valence-electron chi connectivity index (χ3n) is 2.10. The Morgan fingerprint density at radius 3 is 2.63 bits per heavy atom. The number of halogens is 3. The number of carbonyl (C=O) groups excluding carboxylic acids is 1. The molecule has 102 valence electrons. The fourth-order valence-electron chi connectivity index (χ4n) is 1.24. The van der Waals surface area contributed by atoms with Crippen molar-refractivity contribution in [2.24, 2.45) is 0 Å². The summed E-state index contributed by atoms with van der Waals surface area (Å²) in [6.45, 7) is 1.42. The first-order chi connectivity index (χ1) is 8.84. The third kappa shape index (κ3) is 4.87. The van der Waals surface area contributed by atoms with E-state index in [1.54, 1.807) is 0 Å². The monoisotopic (exact) mass is 288 g/mol. The lowest BCUT2D eigenvalue weighted by Gasteiger charge is -2.09. The molecule has 1 aromatic rings. The number of alkyl halides is 3. The first-order valence-electron chi connectivity index (χ1n) is 5.22. The number of benzene rings is 1. The molecule has 0 aromatic heterocycles. The molecule has 0 spiro atoms. The molecule has 0 aliphatic heterocycles. The highest BCUT2D eigenvalue weighted by molar-refractivity contribution is 8.13. The SMILES string of the molecule is COc1cc(C(F)(F)F)ccc1C#CCSC(C)=O. The topological polar surface area (TPSA) is 26.3 Å². The van der Waals surface area contributed by atoms with Crippen LogP contribution in [0.1, 0.15) is 18.1 Å². The molecular weight excluding hydrogens is 277 g/mol. The minimum absolute atomic E-state index is 0.0614. The Balaban J connectivity index is 2.93. The van der Waals surface area contributed by atoms with Crippen LogP contribution in [0.4, 0.5) is 13.2 Å². The summed E-state index contributed by atoms with van der Waals surface area (Å²) in [5.41, 5.74) is -0.423. The van der Waals surface area contributed by atoms with E-state index in [2.05, 4.69) is 11.8 Å². The molecule has 0 N–H and O–H groups in total. The summed E-state index contributed by atoms with van der Waals surface area (Å²) in [5, 5.41) is -0.0614. The molecule has 0 atom stereocenters. The standard InChI is InChI=1S/C13H11F3O2S/c1-9(17)19-7-3-4-10-5-6-11(13(14,15)16)8-12(10)18-2/h5-6,8H,7H2,1-2H3. The van der Waals surface area contributed by atoms with Gasteiger partial charge in [-0.3, -0.25) is 4.79 Å². The van der Waals surface area contributed by atoms with Crippen molar-refractivity contribution in [3.63, 3.8) is 0 Å². The van der Waals surface area contributed by atoms with Gasteiger partial charge in [0.2, 0.25) is 0 Å². The van der Waals surface area contributed by atoms with Crippen molar-refractivity contribution in [1.29, 1.82) is 0 Å². The molecule has 0 radical (unpaired) electrons. The second kappa shape index (κ2) is 6.53. The van der Waals surface area contributed by atoms with Gasteiger partial charge in [0, 0.05) is 6.92 Å². The highest BCUT2D eigenvalue weighted by Crippen LogP contribution is 2.32. The van der Waals surface area contributed by atoms with Crippen molar-refractivity contribution in [2.45, 2.75) is 13.1 Å². The quantitative estimate of drug-likeness (QED) is 0.781. The van der Waals surface area contributed by atoms with Gasteiger partial charge in [0.1, 0.15) is 5.75 Å². The van der Waals surface area contributed by atoms with E-state index in [1.165, 1.54) is 20.1 Å². The average molecular weight is 288 g/mol. The predicted molar refractivity (Wildman–Crippen MR) is 68.0 cm³/mol. The Labute approximate surface area is 113 Å². The minimum Gasteiger partial charge on any atom is -0.495 e. The molecule has 0 unspecified atom stereocenters. The van der Waals surface area contributed by atoms with Gasteiger partial charge in [-0.15, -0.1) is 0 Å². The van der Waals surface area contributed by atoms with Gasteiger partial charge in [0.25, 0.3) is 0 Å². The lowest BCUT2D eigenvalue weighted by atomic mass is 10.1. The molecule has 2 nitrogen and oxygen atoms in total. The lowest BCUT2D eigenvalue weighted by molar-refractivity contribution is -0.137. The van der Waals surface area contributed by atoms with E-state index in [-0.39, 0.29) is 10.9 Å². The fourth-order valence-corrected chi connectivity index (χ4v) is 1.59. The molecular formula is C13H11F3O2S. The van der Waals surface area contributed by atoms with Gasteiger partial charge in [0.05, 0.1) is 24.0 Å². The summed E-state index contributed by atoms with van der Waals surface area (Å²) in [7, 11) is 1.28. The fraction of sp³-hybridized carbons (Fsp3) is 0.308. The van der Waals surface area contributed by atoms with Gasteiger partial charge in [-0.1, -0.05) is 23.6 Å². The zero-order valence-electron chi connectivity index (χ0n) is 10.3. The van der Waals surface area contributed by atoms with Crippen LogP contribution in [0.15, 0.2) is 18.2 Å². The third-order valence-corrected chi connectivity index (χ3v) is 2.79. The molecule has 1 rings (SSSR count). The minimum atomic E-state index is -4.41. The van der Waals surface area contributed by atoms with Crippen LogP contribution in [0.2, 0.25) is 0 Å². The average Bonchev–Trinajstić information content (AvgIpc) is 2.33. The second-order valence-corrected chi connectivity index (χ2v) is 4.65. The predicted octanol–water partition coefficient (Wildman–Crippen LogP) is 3.35. The Kier molecular flexibility index (Phi) is 5.31. The van der Waals surface area contributed by atoms with Crippen LogP contribution in [-0.4, -0.2) is 18.0 Å². The molecule has 1 aromatic carbocycles. The van der Waals surface area contributed by atoms with E-state index in [0.29, 0.717) is 11.3 Å². The number of carbonyl (C=O) groups is 1. The van der Waals surface area contributed by atoms with Crippen LogP contribution in [-0.2, 0) is 11.0 Å². The molecule has 0 bridgehead atoms. The highest BCUT2D eigenvalue weighted by atomic mass is 32.2. The number of ether oxygens (including phenoxy) is 1. The van der Waals surface area contributed by atoms with Gasteiger partial charge in [-0.25, -0.2) is 0 Å². The smallest absolute Gasteiger partial charge is 0.416 e. The summed E-state index contributed by atoms with van der Waals surface area (Å²) in [4.78, 5) is 10.7. The number of rotatable bonds is 2. The van der Waals surface area contributed by atoms with Crippen molar-refractivity contribution >= 4 is 16.9 Å². The Morgan fingerprint density at radius 1 is 1.42 bits per heavy atom. The first-order valence-corrected chi connectivity index (χ1v) is 6.20. The molecule has 6 heteroatoms. The molecule has 0 aliphatic rings. The van der Waals surface area contributed by atoms with Crippen molar-refractivity contribution in [3.8, 4) is 17.6 Å². The molecule has 0 heterocycles. The van der Waals surface area contributed by atoms with Crippen LogP contribution < -0.4 is 4.74 Å². The molecule has 19 heavy (non-hydrogen) atoms. The van der Waals surface area contributed by atoms with Crippen molar-refractivity contribution in [3.05, 3.63) is 29.3 Å².